The maximum Gasteiger partial charge on any atom is 0.273 e. The third-order valence-corrected chi connectivity index (χ3v) is 7.76. The van der Waals surface area contributed by atoms with Gasteiger partial charge < -0.3 is 10.6 Å². The Morgan fingerprint density at radius 3 is 2.64 bits per heavy atom. The van der Waals surface area contributed by atoms with Gasteiger partial charge in [-0.05, 0) is 50.5 Å². The highest BCUT2D eigenvalue weighted by Gasteiger charge is 2.38. The van der Waals surface area contributed by atoms with Gasteiger partial charge in [-0.15, -0.1) is 5.10 Å². The molecular formula is C28H33F2N7O2. The van der Waals surface area contributed by atoms with Gasteiger partial charge in [-0.1, -0.05) is 30.5 Å². The van der Waals surface area contributed by atoms with Crippen molar-refractivity contribution >= 4 is 11.8 Å². The number of rotatable bonds is 7. The highest BCUT2D eigenvalue weighted by atomic mass is 19.1. The number of nitrogens with zero attached hydrogens (tertiary/aromatic N) is 5. The number of pyridine rings is 1. The Morgan fingerprint density at radius 2 is 1.90 bits per heavy atom. The van der Waals surface area contributed by atoms with Gasteiger partial charge in [0.15, 0.2) is 11.5 Å². The van der Waals surface area contributed by atoms with Gasteiger partial charge in [0.05, 0.1) is 23.9 Å². The van der Waals surface area contributed by atoms with Crippen molar-refractivity contribution < 1.29 is 18.4 Å². The molecule has 5 rings (SSSR count). The van der Waals surface area contributed by atoms with E-state index in [1.54, 1.807) is 6.20 Å². The van der Waals surface area contributed by atoms with E-state index >= 15 is 0 Å². The minimum atomic E-state index is -0.819. The SMILES string of the molecule is C[C@@H](NC(=O)[C@@H]1CN(C2CCCCC2)CC[C@H]1NC(=O)c1cn(-c2ccc(F)cc2F)nn1)c1ccccn1. The minimum absolute atomic E-state index is 0.0190. The second-order valence-electron chi connectivity index (χ2n) is 10.4. The van der Waals surface area contributed by atoms with Gasteiger partial charge in [0.1, 0.15) is 11.5 Å². The molecule has 2 aromatic heterocycles. The molecule has 3 atom stereocenters. The Bertz CT molecular complexity index is 1300. The van der Waals surface area contributed by atoms with E-state index in [0.717, 1.165) is 41.9 Å². The molecule has 2 amide bonds. The molecule has 1 aromatic carbocycles. The number of piperidine rings is 1. The number of nitrogens with one attached hydrogen (secondary N) is 2. The quantitative estimate of drug-likeness (QED) is 0.478. The van der Waals surface area contributed by atoms with Crippen molar-refractivity contribution in [2.75, 3.05) is 13.1 Å². The highest BCUT2D eigenvalue weighted by Crippen LogP contribution is 2.28. The Hall–Kier alpha value is -3.73. The van der Waals surface area contributed by atoms with Crippen LogP contribution in [0.15, 0.2) is 48.8 Å². The number of hydrogen-bond donors (Lipinski definition) is 2. The van der Waals surface area contributed by atoms with Crippen molar-refractivity contribution in [3.05, 3.63) is 71.8 Å². The number of hydrogen-bond acceptors (Lipinski definition) is 6. The number of amides is 2. The van der Waals surface area contributed by atoms with Crippen molar-refractivity contribution in [2.45, 2.75) is 63.6 Å². The van der Waals surface area contributed by atoms with Gasteiger partial charge in [0, 0.05) is 37.4 Å². The van der Waals surface area contributed by atoms with Crippen LogP contribution in [0.25, 0.3) is 5.69 Å². The lowest BCUT2D eigenvalue weighted by Crippen LogP contribution is -2.58. The van der Waals surface area contributed by atoms with Crippen LogP contribution in [0.3, 0.4) is 0 Å². The van der Waals surface area contributed by atoms with Crippen molar-refractivity contribution in [1.82, 2.24) is 35.5 Å². The van der Waals surface area contributed by atoms with Crippen molar-refractivity contribution in [1.29, 1.82) is 0 Å². The Balaban J connectivity index is 1.31. The first-order chi connectivity index (χ1) is 18.9. The summed E-state index contributed by atoms with van der Waals surface area (Å²) in [7, 11) is 0. The summed E-state index contributed by atoms with van der Waals surface area (Å²) < 4.78 is 28.6. The number of likely N-dealkylation sites (tertiary alicyclic amines) is 1. The topological polar surface area (TPSA) is 105 Å². The average Bonchev–Trinajstić information content (AvgIpc) is 3.44. The highest BCUT2D eigenvalue weighted by molar-refractivity contribution is 5.92. The smallest absolute Gasteiger partial charge is 0.273 e. The van der Waals surface area contributed by atoms with E-state index in [2.05, 4.69) is 30.8 Å². The van der Waals surface area contributed by atoms with E-state index in [1.807, 2.05) is 25.1 Å². The van der Waals surface area contributed by atoms with Crippen LogP contribution < -0.4 is 10.6 Å². The van der Waals surface area contributed by atoms with E-state index in [9.17, 15) is 18.4 Å². The van der Waals surface area contributed by atoms with E-state index in [4.69, 9.17) is 0 Å². The summed E-state index contributed by atoms with van der Waals surface area (Å²) in [4.78, 5) is 33.5. The molecule has 2 N–H and O–H groups in total. The zero-order chi connectivity index (χ0) is 27.4. The van der Waals surface area contributed by atoms with Crippen LogP contribution in [0, 0.1) is 17.6 Å². The van der Waals surface area contributed by atoms with Gasteiger partial charge in [-0.2, -0.15) is 0 Å². The molecule has 11 heteroatoms. The second-order valence-corrected chi connectivity index (χ2v) is 10.4. The lowest BCUT2D eigenvalue weighted by Gasteiger charge is -2.43. The summed E-state index contributed by atoms with van der Waals surface area (Å²) >= 11 is 0. The monoisotopic (exact) mass is 537 g/mol. The first kappa shape index (κ1) is 26.9. The first-order valence-corrected chi connectivity index (χ1v) is 13.5. The third-order valence-electron chi connectivity index (χ3n) is 7.76. The number of aromatic nitrogens is 4. The Labute approximate surface area is 226 Å². The molecule has 1 saturated carbocycles. The van der Waals surface area contributed by atoms with Crippen LogP contribution in [0.1, 0.15) is 67.7 Å². The molecule has 0 radical (unpaired) electrons. The molecule has 9 nitrogen and oxygen atoms in total. The van der Waals surface area contributed by atoms with E-state index < -0.39 is 29.5 Å². The maximum atomic E-state index is 14.2. The van der Waals surface area contributed by atoms with Crippen molar-refractivity contribution in [3.63, 3.8) is 0 Å². The number of benzene rings is 1. The molecule has 2 aliphatic rings. The normalized spacial score (nSPS) is 21.3. The molecule has 1 saturated heterocycles. The summed E-state index contributed by atoms with van der Waals surface area (Å²) in [6, 6.07) is 8.40. The van der Waals surface area contributed by atoms with Crippen LogP contribution in [-0.4, -0.2) is 61.9 Å². The van der Waals surface area contributed by atoms with Crippen LogP contribution in [0.4, 0.5) is 8.78 Å². The predicted octanol–water partition coefficient (Wildman–Crippen LogP) is 3.57. The van der Waals surface area contributed by atoms with Gasteiger partial charge in [0.25, 0.3) is 5.91 Å². The van der Waals surface area contributed by atoms with E-state index in [1.165, 1.54) is 31.5 Å². The molecule has 2 fully saturated rings. The zero-order valence-corrected chi connectivity index (χ0v) is 21.9. The second kappa shape index (κ2) is 12.0. The summed E-state index contributed by atoms with van der Waals surface area (Å²) in [5, 5.41) is 13.8. The molecule has 0 unspecified atom stereocenters. The molecule has 206 valence electrons. The largest absolute Gasteiger partial charge is 0.348 e. The first-order valence-electron chi connectivity index (χ1n) is 13.5. The summed E-state index contributed by atoms with van der Waals surface area (Å²) in [6.07, 6.45) is 9.48. The predicted molar refractivity (Wildman–Crippen MR) is 140 cm³/mol. The zero-order valence-electron chi connectivity index (χ0n) is 21.9. The number of halogens is 2. The maximum absolute atomic E-state index is 14.2. The van der Waals surface area contributed by atoms with Crippen LogP contribution in [0.2, 0.25) is 0 Å². The minimum Gasteiger partial charge on any atom is -0.348 e. The molecule has 0 bridgehead atoms. The fourth-order valence-corrected chi connectivity index (χ4v) is 5.61. The van der Waals surface area contributed by atoms with Gasteiger partial charge in [0.2, 0.25) is 5.91 Å². The lowest BCUT2D eigenvalue weighted by atomic mass is 9.86. The van der Waals surface area contributed by atoms with Gasteiger partial charge in [-0.3, -0.25) is 19.5 Å². The Morgan fingerprint density at radius 1 is 1.08 bits per heavy atom. The Kier molecular flexibility index (Phi) is 8.25. The van der Waals surface area contributed by atoms with Crippen molar-refractivity contribution in [3.8, 4) is 5.69 Å². The summed E-state index contributed by atoms with van der Waals surface area (Å²) in [5.41, 5.74) is 0.718. The molecule has 1 aliphatic carbocycles. The van der Waals surface area contributed by atoms with Gasteiger partial charge >= 0.3 is 0 Å². The number of carbonyl (C=O) groups is 2. The molecule has 3 aromatic rings. The molecular weight excluding hydrogens is 504 g/mol. The average molecular weight is 538 g/mol. The lowest BCUT2D eigenvalue weighted by molar-refractivity contribution is -0.128. The van der Waals surface area contributed by atoms with Crippen LogP contribution in [-0.2, 0) is 4.79 Å². The molecule has 1 aliphatic heterocycles. The fraction of sp³-hybridized carbons (Fsp3) is 0.464. The molecule has 39 heavy (non-hydrogen) atoms. The standard InChI is InChI=1S/C28H33F2N7O2/c1-18(23-9-5-6-13-31-23)32-27(38)21-16-36(20-7-3-2-4-8-20)14-12-24(21)33-28(39)25-17-37(35-34-25)26-11-10-19(29)15-22(26)30/h5-6,9-11,13,15,17-18,20-21,24H,2-4,7-8,12,14,16H2,1H3,(H,32,38)(H,33,39)/t18-,21-,24-/m1/s1. The van der Waals surface area contributed by atoms with E-state index in [0.29, 0.717) is 19.0 Å². The summed E-state index contributed by atoms with van der Waals surface area (Å²) in [6.45, 7) is 3.22. The van der Waals surface area contributed by atoms with Crippen molar-refractivity contribution in [2.24, 2.45) is 5.92 Å². The van der Waals surface area contributed by atoms with Crippen LogP contribution >= 0.6 is 0 Å². The third kappa shape index (κ3) is 6.30. The van der Waals surface area contributed by atoms with Gasteiger partial charge in [-0.25, -0.2) is 13.5 Å². The fourth-order valence-electron chi connectivity index (χ4n) is 5.61. The van der Waals surface area contributed by atoms with Crippen LogP contribution in [0.5, 0.6) is 0 Å². The molecule has 0 spiro atoms. The summed E-state index contributed by atoms with van der Waals surface area (Å²) in [5.74, 6) is -2.65. The number of carbonyl (C=O) groups excluding carboxylic acids is 2. The van der Waals surface area contributed by atoms with E-state index in [-0.39, 0.29) is 23.3 Å². The molecule has 3 heterocycles.